The molecule has 190 valence electrons. The van der Waals surface area contributed by atoms with Gasteiger partial charge in [0.15, 0.2) is 0 Å². The number of rotatable bonds is 8. The molecule has 2 amide bonds. The highest BCUT2D eigenvalue weighted by Crippen LogP contribution is 2.19. The summed E-state index contributed by atoms with van der Waals surface area (Å²) in [5, 5.41) is 7.48. The van der Waals surface area contributed by atoms with Gasteiger partial charge < -0.3 is 10.2 Å². The molecule has 0 spiro atoms. The van der Waals surface area contributed by atoms with Crippen LogP contribution in [0.3, 0.4) is 0 Å². The van der Waals surface area contributed by atoms with Crippen molar-refractivity contribution in [2.45, 2.75) is 20.4 Å². The maximum Gasteiger partial charge on any atom is 0.238 e. The lowest BCUT2D eigenvalue weighted by Crippen LogP contribution is -2.52. The third kappa shape index (κ3) is 6.35. The number of piperazine rings is 1. The van der Waals surface area contributed by atoms with Gasteiger partial charge in [-0.2, -0.15) is 5.10 Å². The molecule has 36 heavy (non-hydrogen) atoms. The molecule has 1 saturated heterocycles. The van der Waals surface area contributed by atoms with Gasteiger partial charge in [-0.25, -0.2) is 9.07 Å². The number of benzene rings is 2. The fourth-order valence-electron chi connectivity index (χ4n) is 4.47. The Morgan fingerprint density at radius 1 is 1.00 bits per heavy atom. The minimum atomic E-state index is -0.341. The number of hydrogen-bond donors (Lipinski definition) is 1. The van der Waals surface area contributed by atoms with Crippen molar-refractivity contribution < 1.29 is 14.0 Å². The van der Waals surface area contributed by atoms with Crippen LogP contribution in [0.4, 0.5) is 10.1 Å². The minimum absolute atomic E-state index is 0.0821. The smallest absolute Gasteiger partial charge is 0.238 e. The first-order chi connectivity index (χ1) is 17.3. The van der Waals surface area contributed by atoms with E-state index in [1.807, 2.05) is 63.7 Å². The van der Waals surface area contributed by atoms with Crippen LogP contribution in [0.2, 0.25) is 0 Å². The lowest BCUT2D eigenvalue weighted by molar-refractivity contribution is -0.134. The molecule has 0 aliphatic carbocycles. The van der Waals surface area contributed by atoms with Crippen LogP contribution in [0.5, 0.6) is 0 Å². The summed E-state index contributed by atoms with van der Waals surface area (Å²) < 4.78 is 15.0. The number of carbonyl (C=O) groups is 2. The van der Waals surface area contributed by atoms with Crippen LogP contribution in [0.1, 0.15) is 17.0 Å². The molecule has 0 bridgehead atoms. The van der Waals surface area contributed by atoms with Gasteiger partial charge in [0.2, 0.25) is 11.8 Å². The number of aryl methyl sites for hydroxylation is 1. The molecule has 0 atom stereocenters. The Kier molecular flexibility index (Phi) is 8.12. The van der Waals surface area contributed by atoms with E-state index in [0.29, 0.717) is 45.0 Å². The third-order valence-electron chi connectivity index (χ3n) is 6.50. The van der Waals surface area contributed by atoms with Gasteiger partial charge in [-0.05, 0) is 57.3 Å². The van der Waals surface area contributed by atoms with Crippen molar-refractivity contribution in [2.24, 2.45) is 0 Å². The Balaban J connectivity index is 1.24. The van der Waals surface area contributed by atoms with Crippen LogP contribution in [-0.4, -0.2) is 82.6 Å². The molecule has 4 rings (SSSR count). The van der Waals surface area contributed by atoms with E-state index in [1.54, 1.807) is 0 Å². The van der Waals surface area contributed by atoms with Crippen molar-refractivity contribution in [3.63, 3.8) is 0 Å². The number of aromatic nitrogens is 2. The maximum absolute atomic E-state index is 13.0. The van der Waals surface area contributed by atoms with Crippen molar-refractivity contribution in [2.75, 3.05) is 51.6 Å². The van der Waals surface area contributed by atoms with Crippen LogP contribution in [0, 0.1) is 19.7 Å². The van der Waals surface area contributed by atoms with Gasteiger partial charge in [-0.3, -0.25) is 19.4 Å². The van der Waals surface area contributed by atoms with Crippen LogP contribution in [-0.2, 0) is 16.1 Å². The van der Waals surface area contributed by atoms with Crippen LogP contribution in [0.25, 0.3) is 5.69 Å². The van der Waals surface area contributed by atoms with Gasteiger partial charge in [0.25, 0.3) is 0 Å². The Morgan fingerprint density at radius 3 is 2.33 bits per heavy atom. The number of para-hydroxylation sites is 1. The number of halogens is 1. The van der Waals surface area contributed by atoms with Crippen molar-refractivity contribution in [1.29, 1.82) is 0 Å². The predicted molar refractivity (Wildman–Crippen MR) is 137 cm³/mol. The fraction of sp³-hybridized carbons (Fsp3) is 0.370. The Labute approximate surface area is 211 Å². The zero-order chi connectivity index (χ0) is 25.7. The summed E-state index contributed by atoms with van der Waals surface area (Å²) in [5.41, 5.74) is 4.75. The number of likely N-dealkylation sites (N-methyl/N-ethyl adjacent to an activating group) is 1. The Bertz CT molecular complexity index is 1190. The molecular weight excluding hydrogens is 459 g/mol. The molecule has 2 aromatic carbocycles. The molecule has 1 aromatic heterocycles. The number of hydrogen-bond acceptors (Lipinski definition) is 5. The SMILES string of the molecule is Cc1nn(-c2ccccc2)c(C)c1CN(C)CC(=O)N1CCN(CC(=O)Nc2ccc(F)cc2)CC1. The summed E-state index contributed by atoms with van der Waals surface area (Å²) in [7, 11) is 1.95. The highest BCUT2D eigenvalue weighted by atomic mass is 19.1. The van der Waals surface area contributed by atoms with Gasteiger partial charge in [0.05, 0.1) is 24.5 Å². The average Bonchev–Trinajstić information content (AvgIpc) is 3.14. The first-order valence-electron chi connectivity index (χ1n) is 12.1. The Morgan fingerprint density at radius 2 is 1.67 bits per heavy atom. The average molecular weight is 493 g/mol. The second kappa shape index (κ2) is 11.5. The minimum Gasteiger partial charge on any atom is -0.339 e. The number of anilines is 1. The van der Waals surface area contributed by atoms with Crippen molar-refractivity contribution in [1.82, 2.24) is 24.5 Å². The van der Waals surface area contributed by atoms with E-state index in [2.05, 4.69) is 12.2 Å². The number of amides is 2. The fourth-order valence-corrected chi connectivity index (χ4v) is 4.47. The summed E-state index contributed by atoms with van der Waals surface area (Å²) in [6.45, 7) is 7.69. The van der Waals surface area contributed by atoms with Crippen molar-refractivity contribution >= 4 is 17.5 Å². The van der Waals surface area contributed by atoms with E-state index in [4.69, 9.17) is 5.10 Å². The monoisotopic (exact) mass is 492 g/mol. The zero-order valence-corrected chi connectivity index (χ0v) is 21.1. The van der Waals surface area contributed by atoms with Gasteiger partial charge in [-0.15, -0.1) is 0 Å². The highest BCUT2D eigenvalue weighted by molar-refractivity contribution is 5.92. The second-order valence-corrected chi connectivity index (χ2v) is 9.28. The molecule has 2 heterocycles. The topological polar surface area (TPSA) is 73.7 Å². The highest BCUT2D eigenvalue weighted by Gasteiger charge is 2.24. The molecule has 1 fully saturated rings. The summed E-state index contributed by atoms with van der Waals surface area (Å²) in [6, 6.07) is 15.7. The molecule has 1 aliphatic heterocycles. The molecule has 8 nitrogen and oxygen atoms in total. The second-order valence-electron chi connectivity index (χ2n) is 9.28. The molecule has 3 aromatic rings. The van der Waals surface area contributed by atoms with Gasteiger partial charge in [0, 0.05) is 49.7 Å². The first kappa shape index (κ1) is 25.5. The quantitative estimate of drug-likeness (QED) is 0.524. The summed E-state index contributed by atoms with van der Waals surface area (Å²) in [6.07, 6.45) is 0. The molecule has 0 saturated carbocycles. The summed E-state index contributed by atoms with van der Waals surface area (Å²) >= 11 is 0. The normalized spacial score (nSPS) is 14.3. The summed E-state index contributed by atoms with van der Waals surface area (Å²) in [5.74, 6) is -0.409. The van der Waals surface area contributed by atoms with E-state index in [-0.39, 0.29) is 24.2 Å². The molecule has 0 unspecified atom stereocenters. The van der Waals surface area contributed by atoms with Crippen LogP contribution < -0.4 is 5.32 Å². The summed E-state index contributed by atoms with van der Waals surface area (Å²) in [4.78, 5) is 31.1. The van der Waals surface area contributed by atoms with Crippen LogP contribution >= 0.6 is 0 Å². The zero-order valence-electron chi connectivity index (χ0n) is 21.1. The maximum atomic E-state index is 13.0. The van der Waals surface area contributed by atoms with Gasteiger partial charge in [0.1, 0.15) is 5.82 Å². The molecular formula is C27H33FN6O2. The predicted octanol–water partition coefficient (Wildman–Crippen LogP) is 2.84. The largest absolute Gasteiger partial charge is 0.339 e. The van der Waals surface area contributed by atoms with Gasteiger partial charge in [-0.1, -0.05) is 18.2 Å². The molecule has 0 radical (unpaired) electrons. The van der Waals surface area contributed by atoms with Gasteiger partial charge >= 0.3 is 0 Å². The Hall–Kier alpha value is -3.56. The number of carbonyl (C=O) groups excluding carboxylic acids is 2. The van der Waals surface area contributed by atoms with E-state index in [1.165, 1.54) is 24.3 Å². The van der Waals surface area contributed by atoms with Crippen molar-refractivity contribution in [3.05, 3.63) is 77.4 Å². The number of nitrogens with zero attached hydrogens (tertiary/aromatic N) is 5. The van der Waals surface area contributed by atoms with E-state index in [0.717, 1.165) is 22.6 Å². The first-order valence-corrected chi connectivity index (χ1v) is 12.1. The van der Waals surface area contributed by atoms with E-state index in [9.17, 15) is 14.0 Å². The van der Waals surface area contributed by atoms with E-state index >= 15 is 0 Å². The number of nitrogens with one attached hydrogen (secondary N) is 1. The lowest BCUT2D eigenvalue weighted by atomic mass is 10.2. The van der Waals surface area contributed by atoms with E-state index < -0.39 is 0 Å². The van der Waals surface area contributed by atoms with Crippen LogP contribution in [0.15, 0.2) is 54.6 Å². The molecule has 1 aliphatic rings. The molecule has 9 heteroatoms. The standard InChI is InChI=1S/C27H33FN6O2/c1-20-25(21(2)34(30-20)24-7-5-4-6-8-24)17-31(3)19-27(36)33-15-13-32(14-16-33)18-26(35)29-23-11-9-22(28)10-12-23/h4-12H,13-19H2,1-3H3,(H,29,35). The van der Waals surface area contributed by atoms with Crippen molar-refractivity contribution in [3.8, 4) is 5.69 Å². The lowest BCUT2D eigenvalue weighted by Gasteiger charge is -2.35. The molecule has 1 N–H and O–H groups in total. The third-order valence-corrected chi connectivity index (χ3v) is 6.50.